The molecule has 1 aliphatic heterocycles. The van der Waals surface area contributed by atoms with Crippen LogP contribution in [0.3, 0.4) is 0 Å². The van der Waals surface area contributed by atoms with E-state index < -0.39 is 6.04 Å². The second kappa shape index (κ2) is 6.74. The van der Waals surface area contributed by atoms with Crippen LogP contribution < -0.4 is 15.5 Å². The van der Waals surface area contributed by atoms with Crippen molar-refractivity contribution in [2.75, 3.05) is 16.8 Å². The van der Waals surface area contributed by atoms with Crippen LogP contribution in [0.5, 0.6) is 0 Å². The highest BCUT2D eigenvalue weighted by molar-refractivity contribution is 6.02. The molecule has 0 spiro atoms. The molecule has 1 aliphatic rings. The lowest BCUT2D eigenvalue weighted by atomic mass is 10.1. The number of rotatable bonds is 3. The summed E-state index contributed by atoms with van der Waals surface area (Å²) in [6, 6.07) is 14.3. The van der Waals surface area contributed by atoms with Crippen molar-refractivity contribution in [1.82, 2.24) is 5.32 Å². The van der Waals surface area contributed by atoms with Gasteiger partial charge in [0.15, 0.2) is 0 Å². The van der Waals surface area contributed by atoms with Gasteiger partial charge in [-0.3, -0.25) is 4.79 Å². The molecular formula is C19H21N3O2. The molecule has 3 amide bonds. The summed E-state index contributed by atoms with van der Waals surface area (Å²) in [6.07, 6.45) is 0.605. The second-order valence-corrected chi connectivity index (χ2v) is 6.06. The standard InChI is InChI=1S/C19H21N3O2/c1-13-8-9-16(12-14(13)2)22-11-10-17(18(22)23)21-19(24)20-15-6-4-3-5-7-15/h3-9,12,17H,10-11H2,1-2H3,(H2,20,21,24)/t17-/m1/s1. The summed E-state index contributed by atoms with van der Waals surface area (Å²) in [5.41, 5.74) is 3.93. The molecule has 2 N–H and O–H groups in total. The van der Waals surface area contributed by atoms with Crippen LogP contribution in [0, 0.1) is 13.8 Å². The van der Waals surface area contributed by atoms with Crippen molar-refractivity contribution < 1.29 is 9.59 Å². The van der Waals surface area contributed by atoms with E-state index in [1.54, 1.807) is 17.0 Å². The van der Waals surface area contributed by atoms with Crippen molar-refractivity contribution in [1.29, 1.82) is 0 Å². The lowest BCUT2D eigenvalue weighted by molar-refractivity contribution is -0.118. The van der Waals surface area contributed by atoms with Gasteiger partial charge in [-0.05, 0) is 55.7 Å². The summed E-state index contributed by atoms with van der Waals surface area (Å²) in [5, 5.41) is 5.50. The second-order valence-electron chi connectivity index (χ2n) is 6.06. The Hall–Kier alpha value is -2.82. The Morgan fingerprint density at radius 3 is 2.54 bits per heavy atom. The van der Waals surface area contributed by atoms with E-state index in [9.17, 15) is 9.59 Å². The zero-order valence-corrected chi connectivity index (χ0v) is 13.9. The smallest absolute Gasteiger partial charge is 0.319 e. The number of carbonyl (C=O) groups excluding carboxylic acids is 2. The van der Waals surface area contributed by atoms with Gasteiger partial charge in [0.05, 0.1) is 0 Å². The monoisotopic (exact) mass is 323 g/mol. The minimum absolute atomic E-state index is 0.0681. The van der Waals surface area contributed by atoms with E-state index in [0.717, 1.165) is 11.3 Å². The highest BCUT2D eigenvalue weighted by Gasteiger charge is 2.33. The Kier molecular flexibility index (Phi) is 4.51. The molecule has 0 aliphatic carbocycles. The summed E-state index contributed by atoms with van der Waals surface area (Å²) >= 11 is 0. The number of benzene rings is 2. The van der Waals surface area contributed by atoms with Crippen LogP contribution in [0.1, 0.15) is 17.5 Å². The van der Waals surface area contributed by atoms with Crippen LogP contribution >= 0.6 is 0 Å². The van der Waals surface area contributed by atoms with Crippen molar-refractivity contribution >= 4 is 23.3 Å². The Bertz CT molecular complexity index is 758. The van der Waals surface area contributed by atoms with Gasteiger partial charge >= 0.3 is 6.03 Å². The fourth-order valence-corrected chi connectivity index (χ4v) is 2.81. The van der Waals surface area contributed by atoms with Gasteiger partial charge in [-0.15, -0.1) is 0 Å². The third-order valence-corrected chi connectivity index (χ3v) is 4.34. The SMILES string of the molecule is Cc1ccc(N2CC[C@@H](NC(=O)Nc3ccccc3)C2=O)cc1C. The summed E-state index contributed by atoms with van der Waals surface area (Å²) in [4.78, 5) is 26.4. The van der Waals surface area contributed by atoms with E-state index in [2.05, 4.69) is 10.6 Å². The third-order valence-electron chi connectivity index (χ3n) is 4.34. The maximum atomic E-state index is 12.6. The Balaban J connectivity index is 1.63. The first kappa shape index (κ1) is 16.1. The predicted molar refractivity (Wildman–Crippen MR) is 95.3 cm³/mol. The molecule has 2 aromatic carbocycles. The molecule has 1 fully saturated rings. The number of aryl methyl sites for hydroxylation is 2. The number of urea groups is 1. The highest BCUT2D eigenvalue weighted by atomic mass is 16.2. The summed E-state index contributed by atoms with van der Waals surface area (Å²) < 4.78 is 0. The van der Waals surface area contributed by atoms with Gasteiger partial charge in [-0.1, -0.05) is 24.3 Å². The van der Waals surface area contributed by atoms with E-state index >= 15 is 0 Å². The molecule has 1 heterocycles. The van der Waals surface area contributed by atoms with Crippen LogP contribution in [-0.2, 0) is 4.79 Å². The number of amides is 3. The minimum Gasteiger partial charge on any atom is -0.326 e. The number of hydrogen-bond donors (Lipinski definition) is 2. The Morgan fingerprint density at radius 2 is 1.83 bits per heavy atom. The fraction of sp³-hybridized carbons (Fsp3) is 0.263. The molecular weight excluding hydrogens is 302 g/mol. The molecule has 1 atom stereocenters. The van der Waals surface area contributed by atoms with Gasteiger partial charge < -0.3 is 15.5 Å². The van der Waals surface area contributed by atoms with E-state index in [-0.39, 0.29) is 11.9 Å². The molecule has 24 heavy (non-hydrogen) atoms. The maximum Gasteiger partial charge on any atom is 0.319 e. The zero-order chi connectivity index (χ0) is 17.1. The van der Waals surface area contributed by atoms with Gasteiger partial charge in [-0.2, -0.15) is 0 Å². The summed E-state index contributed by atoms with van der Waals surface area (Å²) in [7, 11) is 0. The molecule has 0 unspecified atom stereocenters. The van der Waals surface area contributed by atoms with Gasteiger partial charge in [0, 0.05) is 17.9 Å². The van der Waals surface area contributed by atoms with Crippen LogP contribution in [0.4, 0.5) is 16.2 Å². The molecule has 3 rings (SSSR count). The molecule has 0 bridgehead atoms. The first-order chi connectivity index (χ1) is 11.5. The van der Waals surface area contributed by atoms with Crippen LogP contribution in [-0.4, -0.2) is 24.5 Å². The number of nitrogens with zero attached hydrogens (tertiary/aromatic N) is 1. The first-order valence-corrected chi connectivity index (χ1v) is 8.06. The van der Waals surface area contributed by atoms with Gasteiger partial charge in [-0.25, -0.2) is 4.79 Å². The number of anilines is 2. The quantitative estimate of drug-likeness (QED) is 0.911. The molecule has 124 valence electrons. The lowest BCUT2D eigenvalue weighted by Gasteiger charge is -2.18. The van der Waals surface area contributed by atoms with Gasteiger partial charge in [0.1, 0.15) is 6.04 Å². The van der Waals surface area contributed by atoms with E-state index in [4.69, 9.17) is 0 Å². The van der Waals surface area contributed by atoms with Crippen molar-refractivity contribution in [2.45, 2.75) is 26.3 Å². The third kappa shape index (κ3) is 3.40. The lowest BCUT2D eigenvalue weighted by Crippen LogP contribution is -2.43. The van der Waals surface area contributed by atoms with Crippen LogP contribution in [0.25, 0.3) is 0 Å². The topological polar surface area (TPSA) is 61.4 Å². The molecule has 0 radical (unpaired) electrons. The van der Waals surface area contributed by atoms with E-state index in [1.165, 1.54) is 5.56 Å². The molecule has 0 aromatic heterocycles. The average Bonchev–Trinajstić information content (AvgIpc) is 2.92. The molecule has 1 saturated heterocycles. The van der Waals surface area contributed by atoms with E-state index in [0.29, 0.717) is 18.7 Å². The fourth-order valence-electron chi connectivity index (χ4n) is 2.81. The van der Waals surface area contributed by atoms with Crippen molar-refractivity contribution in [3.05, 3.63) is 59.7 Å². The zero-order valence-electron chi connectivity index (χ0n) is 13.9. The maximum absolute atomic E-state index is 12.6. The number of nitrogens with one attached hydrogen (secondary N) is 2. The van der Waals surface area contributed by atoms with E-state index in [1.807, 2.05) is 50.2 Å². The largest absolute Gasteiger partial charge is 0.326 e. The first-order valence-electron chi connectivity index (χ1n) is 8.06. The van der Waals surface area contributed by atoms with Crippen LogP contribution in [0.15, 0.2) is 48.5 Å². The molecule has 0 saturated carbocycles. The van der Waals surface area contributed by atoms with Gasteiger partial charge in [0.25, 0.3) is 0 Å². The summed E-state index contributed by atoms with van der Waals surface area (Å²) in [5.74, 6) is -0.0681. The van der Waals surface area contributed by atoms with Crippen molar-refractivity contribution in [3.63, 3.8) is 0 Å². The molecule has 5 nitrogen and oxygen atoms in total. The number of para-hydroxylation sites is 1. The number of hydrogen-bond acceptors (Lipinski definition) is 2. The minimum atomic E-state index is -0.490. The Labute approximate surface area is 141 Å². The number of carbonyl (C=O) groups is 2. The summed E-state index contributed by atoms with van der Waals surface area (Å²) in [6.45, 7) is 4.68. The van der Waals surface area contributed by atoms with Gasteiger partial charge in [0.2, 0.25) is 5.91 Å². The molecule has 2 aromatic rings. The average molecular weight is 323 g/mol. The van der Waals surface area contributed by atoms with Crippen molar-refractivity contribution in [3.8, 4) is 0 Å². The Morgan fingerprint density at radius 1 is 1.08 bits per heavy atom. The van der Waals surface area contributed by atoms with Crippen LogP contribution in [0.2, 0.25) is 0 Å². The van der Waals surface area contributed by atoms with Crippen molar-refractivity contribution in [2.24, 2.45) is 0 Å². The normalized spacial score (nSPS) is 17.0. The molecule has 5 heteroatoms. The predicted octanol–water partition coefficient (Wildman–Crippen LogP) is 3.23. The highest BCUT2D eigenvalue weighted by Crippen LogP contribution is 2.24.